The molecular formula is C15H27NO3S. The number of hydrogen-bond acceptors (Lipinski definition) is 3. The van der Waals surface area contributed by atoms with E-state index in [9.17, 15) is 14.7 Å². The maximum absolute atomic E-state index is 12.6. The molecule has 4 atom stereocenters. The zero-order chi connectivity index (χ0) is 15.3. The van der Waals surface area contributed by atoms with E-state index in [1.54, 1.807) is 16.7 Å². The Kier molecular flexibility index (Phi) is 6.86. The van der Waals surface area contributed by atoms with Crippen LogP contribution >= 0.6 is 11.8 Å². The van der Waals surface area contributed by atoms with Crippen molar-refractivity contribution in [3.05, 3.63) is 0 Å². The van der Waals surface area contributed by atoms with Gasteiger partial charge in [-0.3, -0.25) is 9.59 Å². The highest BCUT2D eigenvalue weighted by Crippen LogP contribution is 2.39. The van der Waals surface area contributed by atoms with Crippen molar-refractivity contribution in [3.8, 4) is 0 Å². The van der Waals surface area contributed by atoms with Crippen LogP contribution in [0.4, 0.5) is 0 Å². The minimum atomic E-state index is -0.815. The lowest BCUT2D eigenvalue weighted by Crippen LogP contribution is -2.41. The van der Waals surface area contributed by atoms with Gasteiger partial charge in [-0.1, -0.05) is 13.3 Å². The molecule has 0 spiro atoms. The summed E-state index contributed by atoms with van der Waals surface area (Å²) in [5.41, 5.74) is 0. The number of carbonyl (C=O) groups excluding carboxylic acids is 1. The molecule has 4 nitrogen and oxygen atoms in total. The first kappa shape index (κ1) is 17.3. The van der Waals surface area contributed by atoms with Crippen LogP contribution in [0.5, 0.6) is 0 Å². The Labute approximate surface area is 126 Å². The number of rotatable bonds is 7. The van der Waals surface area contributed by atoms with Gasteiger partial charge in [-0.2, -0.15) is 11.8 Å². The van der Waals surface area contributed by atoms with Gasteiger partial charge in [0.15, 0.2) is 0 Å². The number of thioether (sulfide) groups is 1. The van der Waals surface area contributed by atoms with Crippen LogP contribution in [0.2, 0.25) is 0 Å². The zero-order valence-corrected chi connectivity index (χ0v) is 13.8. The Bertz CT molecular complexity index is 348. The average molecular weight is 301 g/mol. The van der Waals surface area contributed by atoms with Gasteiger partial charge in [0.25, 0.3) is 0 Å². The van der Waals surface area contributed by atoms with Gasteiger partial charge in [0, 0.05) is 13.1 Å². The van der Waals surface area contributed by atoms with Crippen LogP contribution in [0.1, 0.15) is 39.5 Å². The Balaban J connectivity index is 2.70. The number of amides is 1. The molecule has 1 aliphatic carbocycles. The molecule has 1 fully saturated rings. The summed E-state index contributed by atoms with van der Waals surface area (Å²) < 4.78 is 0. The molecule has 2 unspecified atom stereocenters. The van der Waals surface area contributed by atoms with Gasteiger partial charge in [-0.05, 0) is 44.1 Å². The molecule has 0 saturated heterocycles. The van der Waals surface area contributed by atoms with Gasteiger partial charge in [0.05, 0.1) is 11.8 Å². The molecule has 1 amide bonds. The second kappa shape index (κ2) is 7.91. The Morgan fingerprint density at radius 3 is 2.45 bits per heavy atom. The standard InChI is InChI=1S/C15H27NO3S/c1-5-11-8-12(13(9-11)15(18)19)14(17)16(3)10(2)6-7-20-4/h10-13H,5-9H2,1-4H3,(H,18,19)/t10?,11?,12-,13+/m0/s1. The van der Waals surface area contributed by atoms with Crippen LogP contribution in [-0.2, 0) is 9.59 Å². The highest BCUT2D eigenvalue weighted by atomic mass is 32.2. The van der Waals surface area contributed by atoms with E-state index in [2.05, 4.69) is 13.2 Å². The third kappa shape index (κ3) is 4.14. The lowest BCUT2D eigenvalue weighted by Gasteiger charge is -2.29. The summed E-state index contributed by atoms with van der Waals surface area (Å²) in [4.78, 5) is 25.7. The summed E-state index contributed by atoms with van der Waals surface area (Å²) in [6.45, 7) is 4.11. The number of carbonyl (C=O) groups is 2. The van der Waals surface area contributed by atoms with Gasteiger partial charge in [0.2, 0.25) is 5.91 Å². The van der Waals surface area contributed by atoms with Crippen LogP contribution in [0.15, 0.2) is 0 Å². The smallest absolute Gasteiger partial charge is 0.307 e. The summed E-state index contributed by atoms with van der Waals surface area (Å²) in [5, 5.41) is 9.33. The van der Waals surface area contributed by atoms with Crippen molar-refractivity contribution < 1.29 is 14.7 Å². The third-order valence-corrected chi connectivity index (χ3v) is 5.26. The minimum Gasteiger partial charge on any atom is -0.481 e. The highest BCUT2D eigenvalue weighted by molar-refractivity contribution is 7.98. The summed E-state index contributed by atoms with van der Waals surface area (Å²) in [6, 6.07) is 0.171. The number of aliphatic carboxylic acids is 1. The largest absolute Gasteiger partial charge is 0.481 e. The summed E-state index contributed by atoms with van der Waals surface area (Å²) in [6.07, 6.45) is 5.34. The molecule has 1 aliphatic rings. The zero-order valence-electron chi connectivity index (χ0n) is 13.0. The topological polar surface area (TPSA) is 57.6 Å². The lowest BCUT2D eigenvalue weighted by atomic mass is 9.94. The second-order valence-electron chi connectivity index (χ2n) is 5.88. The first-order chi connectivity index (χ1) is 9.42. The van der Waals surface area contributed by atoms with Crippen molar-refractivity contribution >= 4 is 23.6 Å². The average Bonchev–Trinajstić information content (AvgIpc) is 2.87. The molecule has 5 heteroatoms. The van der Waals surface area contributed by atoms with Gasteiger partial charge >= 0.3 is 5.97 Å². The molecule has 116 valence electrons. The lowest BCUT2D eigenvalue weighted by molar-refractivity contribution is -0.149. The first-order valence-corrected chi connectivity index (χ1v) is 8.80. The van der Waals surface area contributed by atoms with Crippen LogP contribution in [0.25, 0.3) is 0 Å². The molecule has 1 N–H and O–H groups in total. The van der Waals surface area contributed by atoms with E-state index < -0.39 is 11.9 Å². The maximum atomic E-state index is 12.6. The van der Waals surface area contributed by atoms with Crippen molar-refractivity contribution in [1.82, 2.24) is 4.90 Å². The van der Waals surface area contributed by atoms with Crippen molar-refractivity contribution in [1.29, 1.82) is 0 Å². The molecular weight excluding hydrogens is 274 g/mol. The van der Waals surface area contributed by atoms with Gasteiger partial charge < -0.3 is 10.0 Å². The van der Waals surface area contributed by atoms with Crippen LogP contribution in [0, 0.1) is 17.8 Å². The molecule has 0 aromatic carbocycles. The molecule has 0 aromatic heterocycles. The molecule has 0 radical (unpaired) electrons. The Morgan fingerprint density at radius 1 is 1.35 bits per heavy atom. The van der Waals surface area contributed by atoms with E-state index in [1.165, 1.54) is 0 Å². The molecule has 0 bridgehead atoms. The van der Waals surface area contributed by atoms with E-state index in [0.29, 0.717) is 12.3 Å². The van der Waals surface area contributed by atoms with E-state index >= 15 is 0 Å². The molecule has 20 heavy (non-hydrogen) atoms. The van der Waals surface area contributed by atoms with E-state index in [4.69, 9.17) is 0 Å². The molecule has 1 saturated carbocycles. The van der Waals surface area contributed by atoms with E-state index in [1.807, 2.05) is 14.0 Å². The van der Waals surface area contributed by atoms with Crippen LogP contribution < -0.4 is 0 Å². The molecule has 0 aliphatic heterocycles. The normalized spacial score (nSPS) is 27.3. The molecule has 1 rings (SSSR count). The van der Waals surface area contributed by atoms with Gasteiger partial charge in [0.1, 0.15) is 0 Å². The van der Waals surface area contributed by atoms with Crippen molar-refractivity contribution in [3.63, 3.8) is 0 Å². The van der Waals surface area contributed by atoms with E-state index in [0.717, 1.165) is 25.0 Å². The van der Waals surface area contributed by atoms with Crippen LogP contribution in [0.3, 0.4) is 0 Å². The van der Waals surface area contributed by atoms with E-state index in [-0.39, 0.29) is 17.9 Å². The second-order valence-corrected chi connectivity index (χ2v) is 6.86. The maximum Gasteiger partial charge on any atom is 0.307 e. The SMILES string of the molecule is CCC1C[C@H](C(=O)N(C)C(C)CCSC)[C@H](C(=O)O)C1. The Morgan fingerprint density at radius 2 is 1.95 bits per heavy atom. The highest BCUT2D eigenvalue weighted by Gasteiger charge is 2.43. The number of hydrogen-bond donors (Lipinski definition) is 1. The van der Waals surface area contributed by atoms with Crippen molar-refractivity contribution in [2.24, 2.45) is 17.8 Å². The van der Waals surface area contributed by atoms with Gasteiger partial charge in [-0.15, -0.1) is 0 Å². The number of nitrogens with zero attached hydrogens (tertiary/aromatic N) is 1. The predicted octanol–water partition coefficient (Wildman–Crippen LogP) is 2.72. The summed E-state index contributed by atoms with van der Waals surface area (Å²) in [7, 11) is 1.81. The monoisotopic (exact) mass is 301 g/mol. The first-order valence-electron chi connectivity index (χ1n) is 7.40. The van der Waals surface area contributed by atoms with Crippen LogP contribution in [-0.4, -0.2) is 47.0 Å². The third-order valence-electron chi connectivity index (χ3n) is 4.62. The number of carboxylic acid groups (broad SMARTS) is 1. The summed E-state index contributed by atoms with van der Waals surface area (Å²) >= 11 is 1.77. The van der Waals surface area contributed by atoms with Gasteiger partial charge in [-0.25, -0.2) is 0 Å². The Hall–Kier alpha value is -0.710. The summed E-state index contributed by atoms with van der Waals surface area (Å²) in [5.74, 6) is -0.239. The quantitative estimate of drug-likeness (QED) is 0.785. The number of carboxylic acids is 1. The fraction of sp³-hybridized carbons (Fsp3) is 0.867. The fourth-order valence-corrected chi connectivity index (χ4v) is 3.56. The predicted molar refractivity (Wildman–Crippen MR) is 82.9 cm³/mol. The molecule has 0 heterocycles. The minimum absolute atomic E-state index is 0.0157. The van der Waals surface area contributed by atoms with Crippen molar-refractivity contribution in [2.75, 3.05) is 19.1 Å². The fourth-order valence-electron chi connectivity index (χ4n) is 2.98. The van der Waals surface area contributed by atoms with Crippen molar-refractivity contribution in [2.45, 2.75) is 45.6 Å². The molecule has 0 aromatic rings.